The second-order valence-corrected chi connectivity index (χ2v) is 6.81. The maximum atomic E-state index is 12.6. The monoisotopic (exact) mass is 369 g/mol. The van der Waals surface area contributed by atoms with Gasteiger partial charge in [0.15, 0.2) is 0 Å². The predicted molar refractivity (Wildman–Crippen MR) is 106 cm³/mol. The summed E-state index contributed by atoms with van der Waals surface area (Å²) in [6.07, 6.45) is 3.23. The van der Waals surface area contributed by atoms with E-state index in [1.807, 2.05) is 43.0 Å². The molecule has 1 aromatic heterocycles. The van der Waals surface area contributed by atoms with Gasteiger partial charge in [-0.15, -0.1) is 0 Å². The van der Waals surface area contributed by atoms with E-state index < -0.39 is 0 Å². The number of ether oxygens (including phenoxy) is 1. The van der Waals surface area contributed by atoms with Gasteiger partial charge in [-0.05, 0) is 32.5 Å². The maximum absolute atomic E-state index is 12.6. The fourth-order valence-electron chi connectivity index (χ4n) is 3.00. The van der Waals surface area contributed by atoms with Gasteiger partial charge in [-0.3, -0.25) is 4.79 Å². The summed E-state index contributed by atoms with van der Waals surface area (Å²) in [5, 5.41) is 3.16. The molecule has 144 valence electrons. The summed E-state index contributed by atoms with van der Waals surface area (Å²) in [4.78, 5) is 25.4. The van der Waals surface area contributed by atoms with Crippen molar-refractivity contribution >= 4 is 17.5 Å². The van der Waals surface area contributed by atoms with Crippen molar-refractivity contribution in [3.8, 4) is 5.75 Å². The van der Waals surface area contributed by atoms with Gasteiger partial charge in [0.25, 0.3) is 5.91 Å². The third-order valence-corrected chi connectivity index (χ3v) is 4.50. The Bertz CT molecular complexity index is 755. The summed E-state index contributed by atoms with van der Waals surface area (Å²) in [5.74, 6) is 1.16. The van der Waals surface area contributed by atoms with Crippen molar-refractivity contribution in [3.63, 3.8) is 0 Å². The molecule has 1 N–H and O–H groups in total. The molecule has 1 aliphatic rings. The summed E-state index contributed by atoms with van der Waals surface area (Å²) in [6.45, 7) is 10.4. The molecule has 7 heteroatoms. The number of piperazine rings is 1. The van der Waals surface area contributed by atoms with Crippen LogP contribution in [0.25, 0.3) is 0 Å². The molecular weight excluding hydrogens is 342 g/mol. The van der Waals surface area contributed by atoms with E-state index in [2.05, 4.69) is 27.1 Å². The summed E-state index contributed by atoms with van der Waals surface area (Å²) >= 11 is 0. The number of hydrogen-bond acceptors (Lipinski definition) is 6. The van der Waals surface area contributed by atoms with Crippen molar-refractivity contribution in [3.05, 3.63) is 42.2 Å². The van der Waals surface area contributed by atoms with Crippen LogP contribution in [-0.4, -0.2) is 64.5 Å². The Kier molecular flexibility index (Phi) is 6.24. The quantitative estimate of drug-likeness (QED) is 0.844. The number of para-hydroxylation sites is 2. The molecule has 2 aromatic rings. The van der Waals surface area contributed by atoms with Crippen molar-refractivity contribution in [1.29, 1.82) is 0 Å². The number of nitrogens with zero attached hydrogens (tertiary/aromatic N) is 4. The summed E-state index contributed by atoms with van der Waals surface area (Å²) in [5.41, 5.74) is 1.30. The van der Waals surface area contributed by atoms with Crippen LogP contribution >= 0.6 is 0 Å². The Labute approximate surface area is 160 Å². The molecule has 0 unspecified atom stereocenters. The number of likely N-dealkylation sites (N-methyl/N-ethyl adjacent to an activating group) is 1. The lowest BCUT2D eigenvalue weighted by atomic mass is 10.2. The first-order valence-electron chi connectivity index (χ1n) is 9.43. The molecule has 0 atom stereocenters. The number of amides is 1. The van der Waals surface area contributed by atoms with Gasteiger partial charge < -0.3 is 19.9 Å². The Balaban J connectivity index is 1.65. The number of anilines is 2. The number of rotatable bonds is 6. The van der Waals surface area contributed by atoms with Crippen molar-refractivity contribution in [2.45, 2.75) is 26.9 Å². The van der Waals surface area contributed by atoms with Gasteiger partial charge in [-0.1, -0.05) is 19.1 Å². The average Bonchev–Trinajstić information content (AvgIpc) is 2.69. The Morgan fingerprint density at radius 1 is 1.15 bits per heavy atom. The van der Waals surface area contributed by atoms with Crippen LogP contribution in [0.1, 0.15) is 31.1 Å². The highest BCUT2D eigenvalue weighted by Crippen LogP contribution is 2.27. The smallest absolute Gasteiger partial charge is 0.257 e. The van der Waals surface area contributed by atoms with E-state index in [-0.39, 0.29) is 12.0 Å². The molecule has 27 heavy (non-hydrogen) atoms. The van der Waals surface area contributed by atoms with Crippen LogP contribution in [0.5, 0.6) is 5.75 Å². The number of nitrogens with one attached hydrogen (secondary N) is 1. The molecule has 0 bridgehead atoms. The van der Waals surface area contributed by atoms with Gasteiger partial charge in [0.05, 0.1) is 17.4 Å². The van der Waals surface area contributed by atoms with E-state index in [4.69, 9.17) is 4.74 Å². The molecule has 1 amide bonds. The lowest BCUT2D eigenvalue weighted by molar-refractivity contribution is 0.0642. The first-order chi connectivity index (χ1) is 13.1. The molecule has 0 spiro atoms. The number of carbonyl (C=O) groups excluding carboxylic acids is 1. The van der Waals surface area contributed by atoms with E-state index in [1.165, 1.54) is 0 Å². The third kappa shape index (κ3) is 4.95. The highest BCUT2D eigenvalue weighted by Gasteiger charge is 2.21. The number of benzene rings is 1. The molecule has 2 heterocycles. The first kappa shape index (κ1) is 19.1. The molecule has 0 aliphatic carbocycles. The van der Waals surface area contributed by atoms with E-state index >= 15 is 0 Å². The maximum Gasteiger partial charge on any atom is 0.257 e. The minimum Gasteiger partial charge on any atom is -0.489 e. The standard InChI is InChI=1S/C20H27N5O2/c1-4-24-9-11-25(12-10-24)19(26)16-13-21-20(22-14-16)23-17-7-5-6-8-18(17)27-15(2)3/h5-8,13-15H,4,9-12H2,1-3H3,(H,21,22,23). The lowest BCUT2D eigenvalue weighted by Crippen LogP contribution is -2.48. The topological polar surface area (TPSA) is 70.6 Å². The van der Waals surface area contributed by atoms with Crippen LogP contribution in [0.2, 0.25) is 0 Å². The van der Waals surface area contributed by atoms with Gasteiger partial charge in [0.2, 0.25) is 5.95 Å². The molecule has 0 radical (unpaired) electrons. The van der Waals surface area contributed by atoms with Crippen molar-refractivity contribution in [1.82, 2.24) is 19.8 Å². The van der Waals surface area contributed by atoms with Crippen molar-refractivity contribution in [2.24, 2.45) is 0 Å². The van der Waals surface area contributed by atoms with Crippen LogP contribution in [-0.2, 0) is 0 Å². The summed E-state index contributed by atoms with van der Waals surface area (Å²) in [6, 6.07) is 7.65. The van der Waals surface area contributed by atoms with Crippen molar-refractivity contribution < 1.29 is 9.53 Å². The Morgan fingerprint density at radius 2 is 1.81 bits per heavy atom. The Morgan fingerprint density at radius 3 is 2.44 bits per heavy atom. The molecule has 1 saturated heterocycles. The van der Waals surface area contributed by atoms with Crippen LogP contribution in [0, 0.1) is 0 Å². The number of aromatic nitrogens is 2. The molecule has 0 saturated carbocycles. The number of carbonyl (C=O) groups is 1. The Hall–Kier alpha value is -2.67. The molecule has 3 rings (SSSR count). The van der Waals surface area contributed by atoms with Gasteiger partial charge in [-0.2, -0.15) is 0 Å². The third-order valence-electron chi connectivity index (χ3n) is 4.50. The number of hydrogen-bond donors (Lipinski definition) is 1. The van der Waals surface area contributed by atoms with E-state index in [0.717, 1.165) is 44.2 Å². The summed E-state index contributed by atoms with van der Waals surface area (Å²) < 4.78 is 5.79. The first-order valence-corrected chi connectivity index (χ1v) is 9.43. The van der Waals surface area contributed by atoms with E-state index in [9.17, 15) is 4.79 Å². The molecule has 1 aliphatic heterocycles. The van der Waals surface area contributed by atoms with Crippen LogP contribution in [0.3, 0.4) is 0 Å². The average molecular weight is 369 g/mol. The van der Waals surface area contributed by atoms with Crippen LogP contribution in [0.4, 0.5) is 11.6 Å². The van der Waals surface area contributed by atoms with Crippen molar-refractivity contribution in [2.75, 3.05) is 38.0 Å². The van der Waals surface area contributed by atoms with Gasteiger partial charge in [-0.25, -0.2) is 9.97 Å². The molecule has 7 nitrogen and oxygen atoms in total. The minimum absolute atomic E-state index is 0.0131. The predicted octanol–water partition coefficient (Wildman–Crippen LogP) is 2.79. The van der Waals surface area contributed by atoms with Crippen LogP contribution < -0.4 is 10.1 Å². The largest absolute Gasteiger partial charge is 0.489 e. The SMILES string of the molecule is CCN1CCN(C(=O)c2cnc(Nc3ccccc3OC(C)C)nc2)CC1. The van der Waals surface area contributed by atoms with Gasteiger partial charge >= 0.3 is 0 Å². The molecular formula is C20H27N5O2. The molecule has 1 aromatic carbocycles. The zero-order valence-electron chi connectivity index (χ0n) is 16.2. The minimum atomic E-state index is -0.0131. The summed E-state index contributed by atoms with van der Waals surface area (Å²) in [7, 11) is 0. The highest BCUT2D eigenvalue weighted by atomic mass is 16.5. The normalized spacial score (nSPS) is 15.0. The molecule has 1 fully saturated rings. The van der Waals surface area contributed by atoms with Crippen LogP contribution in [0.15, 0.2) is 36.7 Å². The fraction of sp³-hybridized carbons (Fsp3) is 0.450. The van der Waals surface area contributed by atoms with E-state index in [1.54, 1.807) is 12.4 Å². The van der Waals surface area contributed by atoms with E-state index in [0.29, 0.717) is 11.5 Å². The zero-order valence-corrected chi connectivity index (χ0v) is 16.2. The second-order valence-electron chi connectivity index (χ2n) is 6.81. The highest BCUT2D eigenvalue weighted by molar-refractivity contribution is 5.93. The van der Waals surface area contributed by atoms with Gasteiger partial charge in [0.1, 0.15) is 5.75 Å². The zero-order chi connectivity index (χ0) is 19.2. The lowest BCUT2D eigenvalue weighted by Gasteiger charge is -2.33. The second kappa shape index (κ2) is 8.81. The fourth-order valence-corrected chi connectivity index (χ4v) is 3.00. The van der Waals surface area contributed by atoms with Gasteiger partial charge in [0, 0.05) is 38.6 Å².